The first-order valence-electron chi connectivity index (χ1n) is 24.7. The van der Waals surface area contributed by atoms with E-state index in [1.165, 1.54) is 153 Å². The van der Waals surface area contributed by atoms with Crippen molar-refractivity contribution in [1.29, 1.82) is 0 Å². The lowest BCUT2D eigenvalue weighted by atomic mass is 9.78. The molecule has 0 aliphatic heterocycles. The van der Waals surface area contributed by atoms with E-state index in [9.17, 15) is 0 Å². The predicted octanol–water partition coefficient (Wildman–Crippen LogP) is 20.3. The van der Waals surface area contributed by atoms with Gasteiger partial charge in [0.1, 0.15) is 0 Å². The van der Waals surface area contributed by atoms with E-state index in [2.05, 4.69) is 257 Å². The van der Waals surface area contributed by atoms with Gasteiger partial charge in [-0.3, -0.25) is 0 Å². The van der Waals surface area contributed by atoms with Crippen molar-refractivity contribution in [1.82, 2.24) is 0 Å². The Kier molecular flexibility index (Phi) is 9.62. The van der Waals surface area contributed by atoms with E-state index in [-0.39, 0.29) is 0 Å². The highest BCUT2D eigenvalue weighted by molar-refractivity contribution is 7.26. The summed E-state index contributed by atoms with van der Waals surface area (Å²) in [5, 5.41) is 7.72. The molecule has 0 fully saturated rings. The van der Waals surface area contributed by atoms with Crippen LogP contribution in [0, 0.1) is 13.8 Å². The lowest BCUT2D eigenvalue weighted by molar-refractivity contribution is 1.47. The maximum absolute atomic E-state index is 2.47. The summed E-state index contributed by atoms with van der Waals surface area (Å²) in [7, 11) is 0. The highest BCUT2D eigenvalue weighted by Crippen LogP contribution is 2.61. The normalized spacial score (nSPS) is 11.8. The molecule has 1 aromatic heterocycles. The van der Waals surface area contributed by atoms with E-state index < -0.39 is 0 Å². The molecule has 71 heavy (non-hydrogen) atoms. The molecule has 0 radical (unpaired) electrons. The van der Waals surface area contributed by atoms with Crippen LogP contribution in [0.15, 0.2) is 243 Å². The van der Waals surface area contributed by atoms with Gasteiger partial charge >= 0.3 is 0 Å². The molecule has 1 heteroatoms. The monoisotopic (exact) mass is 918 g/mol. The first-order chi connectivity index (χ1) is 35.1. The van der Waals surface area contributed by atoms with Crippen LogP contribution in [0.2, 0.25) is 0 Å². The van der Waals surface area contributed by atoms with Crippen molar-refractivity contribution in [2.45, 2.75) is 13.8 Å². The smallest absolute Gasteiger partial charge is 0.0434 e. The quantitative estimate of drug-likeness (QED) is 0.149. The molecule has 0 amide bonds. The molecule has 332 valence electrons. The number of fused-ring (bicyclic) bond motifs is 7. The highest BCUT2D eigenvalue weighted by Gasteiger charge is 2.33. The Labute approximate surface area is 418 Å². The van der Waals surface area contributed by atoms with Crippen molar-refractivity contribution in [2.24, 2.45) is 0 Å². The van der Waals surface area contributed by atoms with Gasteiger partial charge in [-0.05, 0) is 154 Å². The van der Waals surface area contributed by atoms with Crippen molar-refractivity contribution < 1.29 is 0 Å². The third-order valence-corrected chi connectivity index (χ3v) is 16.2. The number of hydrogen-bond acceptors (Lipinski definition) is 1. The minimum atomic E-state index is 1.20. The molecular weight excluding hydrogens is 873 g/mol. The Morgan fingerprint density at radius 2 is 0.690 bits per heavy atom. The number of benzene rings is 12. The topological polar surface area (TPSA) is 0 Å². The summed E-state index contributed by atoms with van der Waals surface area (Å²) >= 11 is 1.92. The average Bonchev–Trinajstić information content (AvgIpc) is 3.98. The first kappa shape index (κ1) is 41.4. The number of rotatable bonds is 7. The molecule has 0 saturated heterocycles. The molecule has 1 heterocycles. The van der Waals surface area contributed by atoms with Crippen LogP contribution in [0.25, 0.3) is 142 Å². The maximum atomic E-state index is 2.47. The summed E-state index contributed by atoms with van der Waals surface area (Å²) in [6.07, 6.45) is 0. The van der Waals surface area contributed by atoms with Crippen molar-refractivity contribution in [3.63, 3.8) is 0 Å². The van der Waals surface area contributed by atoms with E-state index in [0.717, 1.165) is 0 Å². The summed E-state index contributed by atoms with van der Waals surface area (Å²) in [6.45, 7) is 4.32. The van der Waals surface area contributed by atoms with Gasteiger partial charge in [0.15, 0.2) is 0 Å². The first-order valence-corrected chi connectivity index (χ1v) is 25.5. The third-order valence-electron chi connectivity index (χ3n) is 15.0. The fourth-order valence-electron chi connectivity index (χ4n) is 11.6. The number of thiophene rings is 1. The predicted molar refractivity (Wildman–Crippen MR) is 306 cm³/mol. The molecule has 1 aliphatic rings. The Balaban J connectivity index is 1.11. The highest BCUT2D eigenvalue weighted by atomic mass is 32.1. The van der Waals surface area contributed by atoms with Crippen LogP contribution in [0.4, 0.5) is 0 Å². The van der Waals surface area contributed by atoms with E-state index in [1.54, 1.807) is 0 Å². The maximum Gasteiger partial charge on any atom is 0.0434 e. The van der Waals surface area contributed by atoms with Crippen LogP contribution < -0.4 is 0 Å². The number of aryl methyl sites for hydroxylation is 2. The Bertz CT molecular complexity index is 4090. The van der Waals surface area contributed by atoms with Gasteiger partial charge < -0.3 is 0 Å². The summed E-state index contributed by atoms with van der Waals surface area (Å²) < 4.78 is 2.61. The summed E-state index contributed by atoms with van der Waals surface area (Å²) in [5.41, 5.74) is 25.0. The Morgan fingerprint density at radius 3 is 1.24 bits per heavy atom. The fraction of sp³-hybridized carbons (Fsp3) is 0.0286. The van der Waals surface area contributed by atoms with Crippen LogP contribution in [0.5, 0.6) is 0 Å². The van der Waals surface area contributed by atoms with E-state index in [4.69, 9.17) is 0 Å². The molecule has 0 bridgehead atoms. The molecule has 12 aromatic carbocycles. The van der Waals surface area contributed by atoms with Crippen molar-refractivity contribution in [3.8, 4) is 100 Å². The zero-order chi connectivity index (χ0) is 47.2. The summed E-state index contributed by atoms with van der Waals surface area (Å²) in [6, 6.07) is 91.0. The second-order valence-electron chi connectivity index (χ2n) is 19.2. The molecule has 13 aromatic rings. The van der Waals surface area contributed by atoms with Crippen LogP contribution in [0.1, 0.15) is 11.1 Å². The van der Waals surface area contributed by atoms with Crippen molar-refractivity contribution in [2.75, 3.05) is 0 Å². The largest absolute Gasteiger partial charge is 0.135 e. The van der Waals surface area contributed by atoms with E-state index in [0.29, 0.717) is 0 Å². The second kappa shape index (κ2) is 16.5. The number of hydrogen-bond donors (Lipinski definition) is 0. The van der Waals surface area contributed by atoms with Gasteiger partial charge in [0.05, 0.1) is 0 Å². The molecule has 0 spiro atoms. The summed E-state index contributed by atoms with van der Waals surface area (Å²) in [4.78, 5) is 0. The lowest BCUT2D eigenvalue weighted by Crippen LogP contribution is -1.97. The van der Waals surface area contributed by atoms with Crippen LogP contribution in [-0.2, 0) is 0 Å². The zero-order valence-electron chi connectivity index (χ0n) is 39.5. The van der Waals surface area contributed by atoms with Gasteiger partial charge in [-0.1, -0.05) is 230 Å². The van der Waals surface area contributed by atoms with Crippen LogP contribution in [0.3, 0.4) is 0 Å². The SMILES string of the molecule is Cc1ccc(-c2ccc3sc4c(-c5ccc6c7c(cccc57)-c5c-6c(-c6ccccc6)c6c(-c7ccccc7)ccc(-c7ccccc7)c6c5-c5ccccc5)cc(-c5ccc(C)cc5)cc4c3c2)cc1. The average molecular weight is 919 g/mol. The molecule has 1 aliphatic carbocycles. The molecule has 0 N–H and O–H groups in total. The summed E-state index contributed by atoms with van der Waals surface area (Å²) in [5.74, 6) is 0. The van der Waals surface area contributed by atoms with Gasteiger partial charge in [-0.25, -0.2) is 0 Å². The van der Waals surface area contributed by atoms with Gasteiger partial charge in [-0.15, -0.1) is 11.3 Å². The fourth-order valence-corrected chi connectivity index (χ4v) is 12.8. The van der Waals surface area contributed by atoms with Gasteiger partial charge in [0, 0.05) is 25.7 Å². The standard InChI is InChI=1S/C70H46S/c1-43-26-30-45(31-27-43)51-34-39-62-59(40-51)61-42-52(46-32-28-44(2)29-33-46)41-60(70(61)71-62)55-37-38-58-65-56(55)24-15-25-57(65)68-63(49-20-11-5-12-21-49)66-53(47-16-7-3-8-17-47)35-36-54(48-18-9-4-10-19-48)67(66)64(69(58)68)50-22-13-6-14-23-50/h3-42H,1-2H3. The molecule has 0 nitrogen and oxygen atoms in total. The third kappa shape index (κ3) is 6.65. The van der Waals surface area contributed by atoms with Crippen LogP contribution >= 0.6 is 11.3 Å². The van der Waals surface area contributed by atoms with Crippen LogP contribution in [-0.4, -0.2) is 0 Å². The molecule has 0 saturated carbocycles. The van der Waals surface area contributed by atoms with Gasteiger partial charge in [0.25, 0.3) is 0 Å². The van der Waals surface area contributed by atoms with Crippen molar-refractivity contribution >= 4 is 53.1 Å². The second-order valence-corrected chi connectivity index (χ2v) is 20.3. The minimum Gasteiger partial charge on any atom is -0.135 e. The molecule has 0 atom stereocenters. The Morgan fingerprint density at radius 1 is 0.239 bits per heavy atom. The molecular formula is C70H46S. The van der Waals surface area contributed by atoms with E-state index in [1.807, 2.05) is 11.3 Å². The van der Waals surface area contributed by atoms with E-state index >= 15 is 0 Å². The zero-order valence-corrected chi connectivity index (χ0v) is 40.3. The Hall–Kier alpha value is -8.62. The molecule has 14 rings (SSSR count). The van der Waals surface area contributed by atoms with Gasteiger partial charge in [-0.2, -0.15) is 0 Å². The van der Waals surface area contributed by atoms with Gasteiger partial charge in [0.2, 0.25) is 0 Å². The molecule has 0 unspecified atom stereocenters. The van der Waals surface area contributed by atoms with Crippen molar-refractivity contribution in [3.05, 3.63) is 254 Å². The minimum absolute atomic E-state index is 1.20. The lowest BCUT2D eigenvalue weighted by Gasteiger charge is -2.25.